The number of aromatic amines is 1. The van der Waals surface area contributed by atoms with Crippen LogP contribution in [0.1, 0.15) is 18.3 Å². The quantitative estimate of drug-likeness (QED) is 0.826. The summed E-state index contributed by atoms with van der Waals surface area (Å²) < 4.78 is 5.31. The summed E-state index contributed by atoms with van der Waals surface area (Å²) in [5.41, 5.74) is 1.25. The van der Waals surface area contributed by atoms with E-state index in [9.17, 15) is 0 Å². The lowest BCUT2D eigenvalue weighted by Crippen LogP contribution is -1.93. The minimum atomic E-state index is 0.660. The van der Waals surface area contributed by atoms with Gasteiger partial charge in [0, 0.05) is 6.42 Å². The van der Waals surface area contributed by atoms with Gasteiger partial charge in [0.2, 0.25) is 5.88 Å². The van der Waals surface area contributed by atoms with Gasteiger partial charge >= 0.3 is 0 Å². The fourth-order valence-corrected chi connectivity index (χ4v) is 1.45. The standard InChI is InChI=1S/C12H14N2O/c1-2-15-12-9-13-11(14-12)8-10-6-4-3-5-7-10/h3-7,9H,2,8H2,1H3,(H,13,14). The van der Waals surface area contributed by atoms with Crippen LogP contribution in [0.3, 0.4) is 0 Å². The molecule has 0 aliphatic carbocycles. The second-order valence-corrected chi connectivity index (χ2v) is 3.29. The summed E-state index contributed by atoms with van der Waals surface area (Å²) in [6, 6.07) is 10.2. The first-order chi connectivity index (χ1) is 7.38. The summed E-state index contributed by atoms with van der Waals surface area (Å²) in [5, 5.41) is 0. The van der Waals surface area contributed by atoms with Crippen molar-refractivity contribution in [2.75, 3.05) is 6.61 Å². The zero-order chi connectivity index (χ0) is 10.5. The lowest BCUT2D eigenvalue weighted by molar-refractivity contribution is 0.328. The van der Waals surface area contributed by atoms with Crippen molar-refractivity contribution in [3.8, 4) is 5.88 Å². The molecule has 1 heterocycles. The molecular formula is C12H14N2O. The molecule has 1 aromatic carbocycles. The van der Waals surface area contributed by atoms with Crippen molar-refractivity contribution in [1.82, 2.24) is 9.97 Å². The van der Waals surface area contributed by atoms with E-state index in [0.717, 1.165) is 18.1 Å². The summed E-state index contributed by atoms with van der Waals surface area (Å²) in [7, 11) is 0. The van der Waals surface area contributed by atoms with Gasteiger partial charge in [-0.2, -0.15) is 0 Å². The Labute approximate surface area is 89.1 Å². The smallest absolute Gasteiger partial charge is 0.211 e. The van der Waals surface area contributed by atoms with Crippen LogP contribution in [0.25, 0.3) is 0 Å². The van der Waals surface area contributed by atoms with E-state index in [4.69, 9.17) is 4.74 Å². The van der Waals surface area contributed by atoms with Crippen LogP contribution in [0.2, 0.25) is 0 Å². The highest BCUT2D eigenvalue weighted by Gasteiger charge is 2.01. The van der Waals surface area contributed by atoms with E-state index in [1.165, 1.54) is 5.56 Å². The van der Waals surface area contributed by atoms with E-state index < -0.39 is 0 Å². The van der Waals surface area contributed by atoms with Crippen LogP contribution in [0.5, 0.6) is 5.88 Å². The van der Waals surface area contributed by atoms with Crippen LogP contribution < -0.4 is 4.74 Å². The van der Waals surface area contributed by atoms with E-state index in [2.05, 4.69) is 22.1 Å². The summed E-state index contributed by atoms with van der Waals surface area (Å²) in [4.78, 5) is 7.38. The molecule has 0 amide bonds. The predicted octanol–water partition coefficient (Wildman–Crippen LogP) is 2.40. The molecule has 2 aromatic rings. The fraction of sp³-hybridized carbons (Fsp3) is 0.250. The van der Waals surface area contributed by atoms with Crippen LogP contribution in [-0.4, -0.2) is 16.6 Å². The molecule has 3 heteroatoms. The van der Waals surface area contributed by atoms with Crippen LogP contribution in [0.4, 0.5) is 0 Å². The molecule has 0 radical (unpaired) electrons. The first-order valence-electron chi connectivity index (χ1n) is 5.09. The lowest BCUT2D eigenvalue weighted by Gasteiger charge is -1.98. The number of hydrogen-bond donors (Lipinski definition) is 1. The zero-order valence-electron chi connectivity index (χ0n) is 8.73. The topological polar surface area (TPSA) is 37.9 Å². The normalized spacial score (nSPS) is 10.2. The molecule has 2 rings (SSSR count). The molecule has 0 saturated carbocycles. The van der Waals surface area contributed by atoms with Gasteiger partial charge in [-0.05, 0) is 12.5 Å². The van der Waals surface area contributed by atoms with Crippen molar-refractivity contribution in [1.29, 1.82) is 0 Å². The maximum Gasteiger partial charge on any atom is 0.211 e. The van der Waals surface area contributed by atoms with Gasteiger partial charge in [-0.15, -0.1) is 0 Å². The highest BCUT2D eigenvalue weighted by Crippen LogP contribution is 2.10. The highest BCUT2D eigenvalue weighted by atomic mass is 16.5. The van der Waals surface area contributed by atoms with Gasteiger partial charge in [-0.25, -0.2) is 4.98 Å². The third kappa shape index (κ3) is 2.59. The molecule has 0 bridgehead atoms. The van der Waals surface area contributed by atoms with Gasteiger partial charge in [0.25, 0.3) is 0 Å². The molecule has 0 unspecified atom stereocenters. The molecule has 0 saturated heterocycles. The van der Waals surface area contributed by atoms with Crippen molar-refractivity contribution in [2.45, 2.75) is 13.3 Å². The van der Waals surface area contributed by atoms with Crippen molar-refractivity contribution in [3.05, 3.63) is 47.9 Å². The molecule has 78 valence electrons. The zero-order valence-corrected chi connectivity index (χ0v) is 8.73. The van der Waals surface area contributed by atoms with Crippen molar-refractivity contribution < 1.29 is 4.74 Å². The molecule has 1 aromatic heterocycles. The fourth-order valence-electron chi connectivity index (χ4n) is 1.45. The Hall–Kier alpha value is -1.77. The number of H-pyrrole nitrogens is 1. The Morgan fingerprint density at radius 1 is 1.27 bits per heavy atom. The van der Waals surface area contributed by atoms with E-state index in [1.54, 1.807) is 6.20 Å². The average Bonchev–Trinajstić information content (AvgIpc) is 2.68. The van der Waals surface area contributed by atoms with E-state index in [0.29, 0.717) is 6.61 Å². The first-order valence-corrected chi connectivity index (χ1v) is 5.09. The second-order valence-electron chi connectivity index (χ2n) is 3.29. The second kappa shape index (κ2) is 4.64. The molecule has 3 nitrogen and oxygen atoms in total. The third-order valence-electron chi connectivity index (χ3n) is 2.12. The van der Waals surface area contributed by atoms with E-state index in [1.807, 2.05) is 25.1 Å². The largest absolute Gasteiger partial charge is 0.478 e. The van der Waals surface area contributed by atoms with E-state index in [-0.39, 0.29) is 0 Å². The number of nitrogens with one attached hydrogen (secondary N) is 1. The first kappa shape index (κ1) is 9.77. The molecule has 0 atom stereocenters. The minimum Gasteiger partial charge on any atom is -0.478 e. The summed E-state index contributed by atoms with van der Waals surface area (Å²) in [6.07, 6.45) is 2.54. The monoisotopic (exact) mass is 202 g/mol. The van der Waals surface area contributed by atoms with Gasteiger partial charge in [-0.1, -0.05) is 30.3 Å². The highest BCUT2D eigenvalue weighted by molar-refractivity contribution is 5.20. The Bertz CT molecular complexity index is 409. The number of aromatic nitrogens is 2. The SMILES string of the molecule is CCOc1cnc(Cc2ccccc2)[nH]1. The number of imidazole rings is 1. The van der Waals surface area contributed by atoms with Crippen LogP contribution in [-0.2, 0) is 6.42 Å². The molecule has 0 aliphatic heterocycles. The van der Waals surface area contributed by atoms with Crippen LogP contribution in [0.15, 0.2) is 36.5 Å². The van der Waals surface area contributed by atoms with Gasteiger partial charge in [0.05, 0.1) is 12.8 Å². The van der Waals surface area contributed by atoms with Gasteiger partial charge in [0.1, 0.15) is 5.82 Å². The predicted molar refractivity (Wildman–Crippen MR) is 59.0 cm³/mol. The van der Waals surface area contributed by atoms with E-state index >= 15 is 0 Å². The van der Waals surface area contributed by atoms with Crippen LogP contribution in [0, 0.1) is 0 Å². The number of rotatable bonds is 4. The number of benzene rings is 1. The molecule has 0 aliphatic rings. The summed E-state index contributed by atoms with van der Waals surface area (Å²) >= 11 is 0. The molecular weight excluding hydrogens is 188 g/mol. The number of nitrogens with zero attached hydrogens (tertiary/aromatic N) is 1. The number of hydrogen-bond acceptors (Lipinski definition) is 2. The minimum absolute atomic E-state index is 0.660. The maximum absolute atomic E-state index is 5.31. The summed E-state index contributed by atoms with van der Waals surface area (Å²) in [6.45, 7) is 2.62. The molecule has 0 spiro atoms. The maximum atomic E-state index is 5.31. The Kier molecular flexibility index (Phi) is 3.02. The average molecular weight is 202 g/mol. The lowest BCUT2D eigenvalue weighted by atomic mass is 10.1. The van der Waals surface area contributed by atoms with Gasteiger partial charge < -0.3 is 9.72 Å². The Balaban J connectivity index is 2.05. The van der Waals surface area contributed by atoms with Crippen molar-refractivity contribution >= 4 is 0 Å². The number of ether oxygens (including phenoxy) is 1. The van der Waals surface area contributed by atoms with Gasteiger partial charge in [0.15, 0.2) is 0 Å². The summed E-state index contributed by atoms with van der Waals surface area (Å²) in [5.74, 6) is 1.67. The van der Waals surface area contributed by atoms with Gasteiger partial charge in [-0.3, -0.25) is 0 Å². The Morgan fingerprint density at radius 3 is 2.80 bits per heavy atom. The molecule has 0 fully saturated rings. The molecule has 1 N–H and O–H groups in total. The van der Waals surface area contributed by atoms with Crippen LogP contribution >= 0.6 is 0 Å². The Morgan fingerprint density at radius 2 is 2.07 bits per heavy atom. The van der Waals surface area contributed by atoms with Crippen molar-refractivity contribution in [2.24, 2.45) is 0 Å². The molecule has 15 heavy (non-hydrogen) atoms. The third-order valence-corrected chi connectivity index (χ3v) is 2.12. The van der Waals surface area contributed by atoms with Crippen molar-refractivity contribution in [3.63, 3.8) is 0 Å².